The molecule has 1 saturated heterocycles. The molecule has 8 nitrogen and oxygen atoms in total. The molecule has 10 heteroatoms. The number of hydrogen-bond acceptors (Lipinski definition) is 6. The number of amides is 1. The fraction of sp³-hybridized carbons (Fsp3) is 0.350. The molecule has 0 spiro atoms. The van der Waals surface area contributed by atoms with Gasteiger partial charge in [-0.15, -0.1) is 0 Å². The van der Waals surface area contributed by atoms with Crippen molar-refractivity contribution in [3.63, 3.8) is 0 Å². The number of hydrogen-bond donors (Lipinski definition) is 0. The van der Waals surface area contributed by atoms with E-state index < -0.39 is 10.0 Å². The third kappa shape index (κ3) is 4.80. The number of carbonyl (C=O) groups excluding carboxylic acids is 1. The van der Waals surface area contributed by atoms with Crippen LogP contribution in [0.5, 0.6) is 11.5 Å². The second kappa shape index (κ2) is 9.55. The van der Waals surface area contributed by atoms with Crippen molar-refractivity contribution in [1.29, 1.82) is 0 Å². The minimum Gasteiger partial charge on any atom is -0.493 e. The number of carbonyl (C=O) groups is 1. The van der Waals surface area contributed by atoms with Crippen molar-refractivity contribution in [2.24, 2.45) is 0 Å². The van der Waals surface area contributed by atoms with Gasteiger partial charge in [0.25, 0.3) is 10.0 Å². The van der Waals surface area contributed by atoms with Gasteiger partial charge in [0.15, 0.2) is 11.5 Å². The number of nitrogens with zero attached hydrogens (tertiary/aromatic N) is 2. The number of morpholine rings is 1. The molecule has 1 aliphatic heterocycles. The van der Waals surface area contributed by atoms with Gasteiger partial charge in [0.2, 0.25) is 5.91 Å². The number of anilines is 1. The van der Waals surface area contributed by atoms with Crippen LogP contribution < -0.4 is 13.8 Å². The summed E-state index contributed by atoms with van der Waals surface area (Å²) in [6.07, 6.45) is 0. The predicted octanol–water partition coefficient (Wildman–Crippen LogP) is 2.41. The topological polar surface area (TPSA) is 85.4 Å². The zero-order valence-electron chi connectivity index (χ0n) is 16.7. The van der Waals surface area contributed by atoms with E-state index in [1.165, 1.54) is 32.4 Å². The van der Waals surface area contributed by atoms with Crippen LogP contribution in [0.1, 0.15) is 0 Å². The third-order valence-electron chi connectivity index (χ3n) is 4.70. The number of sulfonamides is 1. The Labute approximate surface area is 180 Å². The molecule has 1 amide bonds. The van der Waals surface area contributed by atoms with E-state index >= 15 is 0 Å². The van der Waals surface area contributed by atoms with Crippen LogP contribution in [0, 0.1) is 0 Å². The zero-order valence-corrected chi connectivity index (χ0v) is 18.3. The molecular weight excluding hydrogens is 432 g/mol. The molecule has 1 heterocycles. The van der Waals surface area contributed by atoms with Gasteiger partial charge in [0, 0.05) is 24.2 Å². The molecule has 0 atom stereocenters. The van der Waals surface area contributed by atoms with Gasteiger partial charge in [0.1, 0.15) is 6.54 Å². The summed E-state index contributed by atoms with van der Waals surface area (Å²) in [6, 6.07) is 10.6. The van der Waals surface area contributed by atoms with Crippen molar-refractivity contribution >= 4 is 33.2 Å². The van der Waals surface area contributed by atoms with Crippen molar-refractivity contribution in [2.75, 3.05) is 51.4 Å². The zero-order chi connectivity index (χ0) is 21.7. The van der Waals surface area contributed by atoms with Gasteiger partial charge in [-0.25, -0.2) is 8.42 Å². The molecular formula is C20H23ClN2O6S. The van der Waals surface area contributed by atoms with E-state index in [2.05, 4.69) is 0 Å². The average molecular weight is 455 g/mol. The lowest BCUT2D eigenvalue weighted by molar-refractivity contribution is -0.133. The molecule has 0 aromatic heterocycles. The second-order valence-electron chi connectivity index (χ2n) is 6.50. The van der Waals surface area contributed by atoms with Crippen molar-refractivity contribution in [3.8, 4) is 11.5 Å². The summed E-state index contributed by atoms with van der Waals surface area (Å²) in [4.78, 5) is 14.4. The van der Waals surface area contributed by atoms with Crippen LogP contribution in [-0.2, 0) is 19.6 Å². The summed E-state index contributed by atoms with van der Waals surface area (Å²) in [5.74, 6) is 0.366. The Balaban J connectivity index is 1.99. The summed E-state index contributed by atoms with van der Waals surface area (Å²) >= 11 is 5.96. The van der Waals surface area contributed by atoms with Gasteiger partial charge < -0.3 is 19.1 Å². The van der Waals surface area contributed by atoms with Crippen molar-refractivity contribution < 1.29 is 27.4 Å². The summed E-state index contributed by atoms with van der Waals surface area (Å²) in [7, 11) is -1.19. The second-order valence-corrected chi connectivity index (χ2v) is 8.80. The van der Waals surface area contributed by atoms with Crippen LogP contribution >= 0.6 is 11.6 Å². The van der Waals surface area contributed by atoms with Crippen LogP contribution in [0.3, 0.4) is 0 Å². The maximum Gasteiger partial charge on any atom is 0.264 e. The molecule has 2 aromatic carbocycles. The largest absolute Gasteiger partial charge is 0.493 e. The minimum atomic E-state index is -4.08. The van der Waals surface area contributed by atoms with Crippen LogP contribution in [0.15, 0.2) is 47.4 Å². The molecule has 0 aliphatic carbocycles. The third-order valence-corrected chi connectivity index (χ3v) is 6.72. The lowest BCUT2D eigenvalue weighted by atomic mass is 10.3. The van der Waals surface area contributed by atoms with Gasteiger partial charge in [-0.2, -0.15) is 0 Å². The first-order valence-corrected chi connectivity index (χ1v) is 11.0. The van der Waals surface area contributed by atoms with Crippen molar-refractivity contribution in [2.45, 2.75) is 4.90 Å². The molecule has 30 heavy (non-hydrogen) atoms. The summed E-state index contributed by atoms with van der Waals surface area (Å²) in [5.41, 5.74) is 0.329. The van der Waals surface area contributed by atoms with E-state index in [9.17, 15) is 13.2 Å². The molecule has 1 aliphatic rings. The Morgan fingerprint density at radius 2 is 1.70 bits per heavy atom. The fourth-order valence-corrected chi connectivity index (χ4v) is 4.62. The Morgan fingerprint density at radius 3 is 2.30 bits per heavy atom. The van der Waals surface area contributed by atoms with Gasteiger partial charge >= 0.3 is 0 Å². The number of benzene rings is 2. The molecule has 0 unspecified atom stereocenters. The lowest BCUT2D eigenvalue weighted by Gasteiger charge is -2.30. The first-order chi connectivity index (χ1) is 14.4. The highest BCUT2D eigenvalue weighted by molar-refractivity contribution is 7.92. The van der Waals surface area contributed by atoms with Gasteiger partial charge in [-0.1, -0.05) is 11.6 Å². The van der Waals surface area contributed by atoms with Gasteiger partial charge in [-0.3, -0.25) is 9.10 Å². The summed E-state index contributed by atoms with van der Waals surface area (Å²) in [5, 5.41) is 0.460. The van der Waals surface area contributed by atoms with E-state index in [-0.39, 0.29) is 23.1 Å². The quantitative estimate of drug-likeness (QED) is 0.638. The predicted molar refractivity (Wildman–Crippen MR) is 113 cm³/mol. The first kappa shape index (κ1) is 22.2. The Kier molecular flexibility index (Phi) is 7.06. The molecule has 1 fully saturated rings. The number of ether oxygens (including phenoxy) is 3. The Hall–Kier alpha value is -2.49. The van der Waals surface area contributed by atoms with Crippen LogP contribution in [0.2, 0.25) is 5.02 Å². The Morgan fingerprint density at radius 1 is 1.07 bits per heavy atom. The van der Waals surface area contributed by atoms with E-state index in [1.54, 1.807) is 29.2 Å². The van der Waals surface area contributed by atoms with Crippen molar-refractivity contribution in [1.82, 2.24) is 4.90 Å². The SMILES string of the molecule is COc1ccc(S(=O)(=O)N(CC(=O)N2CCOCC2)c2ccc(Cl)cc2)cc1OC. The highest BCUT2D eigenvalue weighted by atomic mass is 35.5. The molecule has 162 valence electrons. The number of methoxy groups -OCH3 is 2. The first-order valence-electron chi connectivity index (χ1n) is 9.22. The monoisotopic (exact) mass is 454 g/mol. The molecule has 0 N–H and O–H groups in total. The molecule has 0 bridgehead atoms. The average Bonchev–Trinajstić information content (AvgIpc) is 2.78. The Bertz CT molecular complexity index is 991. The molecule has 0 saturated carbocycles. The molecule has 3 rings (SSSR count). The van der Waals surface area contributed by atoms with E-state index in [4.69, 9.17) is 25.8 Å². The standard InChI is InChI=1S/C20H23ClN2O6S/c1-27-18-8-7-17(13-19(18)28-2)30(25,26)23(16-5-3-15(21)4-6-16)14-20(24)22-9-11-29-12-10-22/h3-8,13H,9-12,14H2,1-2H3. The van der Waals surface area contributed by atoms with Gasteiger partial charge in [0.05, 0.1) is 38.0 Å². The maximum atomic E-state index is 13.5. The minimum absolute atomic E-state index is 0.0233. The summed E-state index contributed by atoms with van der Waals surface area (Å²) in [6.45, 7) is 1.34. The van der Waals surface area contributed by atoms with E-state index in [1.807, 2.05) is 0 Å². The number of rotatable bonds is 7. The normalized spacial score (nSPS) is 14.3. The van der Waals surface area contributed by atoms with Crippen LogP contribution in [0.25, 0.3) is 0 Å². The van der Waals surface area contributed by atoms with E-state index in [0.29, 0.717) is 42.8 Å². The van der Waals surface area contributed by atoms with Crippen LogP contribution in [0.4, 0.5) is 5.69 Å². The summed E-state index contributed by atoms with van der Waals surface area (Å²) < 4.78 is 43.8. The van der Waals surface area contributed by atoms with E-state index in [0.717, 1.165) is 4.31 Å². The van der Waals surface area contributed by atoms with Crippen LogP contribution in [-0.4, -0.2) is 66.3 Å². The van der Waals surface area contributed by atoms with Gasteiger partial charge in [-0.05, 0) is 36.4 Å². The lowest BCUT2D eigenvalue weighted by Crippen LogP contribution is -2.47. The highest BCUT2D eigenvalue weighted by Crippen LogP contribution is 2.32. The molecule has 0 radical (unpaired) electrons. The maximum absolute atomic E-state index is 13.5. The molecule has 2 aromatic rings. The number of halogens is 1. The smallest absolute Gasteiger partial charge is 0.264 e. The highest BCUT2D eigenvalue weighted by Gasteiger charge is 2.30. The van der Waals surface area contributed by atoms with Crippen molar-refractivity contribution in [3.05, 3.63) is 47.5 Å². The fourth-order valence-electron chi connectivity index (χ4n) is 3.06.